The highest BCUT2D eigenvalue weighted by atomic mass is 16.2. The number of nitrogens with one attached hydrogen (secondary N) is 1. The van der Waals surface area contributed by atoms with Gasteiger partial charge in [-0.15, -0.1) is 12.3 Å². The molecule has 1 aromatic rings. The monoisotopic (exact) mass is 215 g/mol. The number of carbonyl (C=O) groups is 2. The molecular formula is C13H13NO2. The van der Waals surface area contributed by atoms with Crippen molar-refractivity contribution in [2.24, 2.45) is 5.92 Å². The summed E-state index contributed by atoms with van der Waals surface area (Å²) in [6.45, 7) is 1.37. The summed E-state index contributed by atoms with van der Waals surface area (Å²) >= 11 is 0. The Labute approximate surface area is 94.9 Å². The third kappa shape index (κ3) is 3.25. The van der Waals surface area contributed by atoms with Crippen molar-refractivity contribution >= 4 is 17.4 Å². The molecule has 0 saturated carbocycles. The molecule has 1 aromatic carbocycles. The fourth-order valence-corrected chi connectivity index (χ4v) is 1.29. The van der Waals surface area contributed by atoms with Crippen molar-refractivity contribution in [3.05, 3.63) is 30.3 Å². The van der Waals surface area contributed by atoms with E-state index in [2.05, 4.69) is 11.2 Å². The van der Waals surface area contributed by atoms with Gasteiger partial charge in [0.05, 0.1) is 0 Å². The molecule has 1 N–H and O–H groups in total. The summed E-state index contributed by atoms with van der Waals surface area (Å²) < 4.78 is 0. The molecule has 0 aliphatic rings. The van der Waals surface area contributed by atoms with E-state index in [0.717, 1.165) is 0 Å². The first-order valence-corrected chi connectivity index (χ1v) is 4.95. The van der Waals surface area contributed by atoms with Crippen LogP contribution in [-0.4, -0.2) is 11.7 Å². The average molecular weight is 215 g/mol. The van der Waals surface area contributed by atoms with E-state index in [-0.39, 0.29) is 18.1 Å². The fourth-order valence-electron chi connectivity index (χ4n) is 1.29. The van der Waals surface area contributed by atoms with Crippen LogP contribution in [0.1, 0.15) is 13.3 Å². The Kier molecular flexibility index (Phi) is 4.28. The number of anilines is 1. The standard InChI is InChI=1S/C13H13NO2/c1-3-7-12(10(2)15)13(16)14-11-8-5-4-6-9-11/h1,4-6,8-9,12H,7H2,2H3,(H,14,16). The van der Waals surface area contributed by atoms with Crippen molar-refractivity contribution in [2.45, 2.75) is 13.3 Å². The van der Waals surface area contributed by atoms with Crippen LogP contribution in [0.2, 0.25) is 0 Å². The van der Waals surface area contributed by atoms with Gasteiger partial charge in [-0.1, -0.05) is 18.2 Å². The SMILES string of the molecule is C#CCC(C(C)=O)C(=O)Nc1ccccc1. The van der Waals surface area contributed by atoms with Gasteiger partial charge in [0.15, 0.2) is 0 Å². The van der Waals surface area contributed by atoms with Crippen LogP contribution in [0, 0.1) is 18.3 Å². The van der Waals surface area contributed by atoms with Gasteiger partial charge in [0.2, 0.25) is 5.91 Å². The molecule has 1 atom stereocenters. The van der Waals surface area contributed by atoms with Crippen LogP contribution in [0.3, 0.4) is 0 Å². The Hall–Kier alpha value is -2.08. The van der Waals surface area contributed by atoms with E-state index < -0.39 is 5.92 Å². The largest absolute Gasteiger partial charge is 0.325 e. The first-order valence-electron chi connectivity index (χ1n) is 4.95. The lowest BCUT2D eigenvalue weighted by molar-refractivity contribution is -0.129. The quantitative estimate of drug-likeness (QED) is 0.615. The minimum absolute atomic E-state index is 0.133. The summed E-state index contributed by atoms with van der Waals surface area (Å²) in [5.74, 6) is 1.01. The summed E-state index contributed by atoms with van der Waals surface area (Å²) in [5.41, 5.74) is 0.663. The molecule has 0 aromatic heterocycles. The molecule has 0 radical (unpaired) electrons. The number of hydrogen-bond acceptors (Lipinski definition) is 2. The van der Waals surface area contributed by atoms with Gasteiger partial charge in [0.25, 0.3) is 0 Å². The van der Waals surface area contributed by atoms with Crippen LogP contribution < -0.4 is 5.32 Å². The number of para-hydroxylation sites is 1. The molecule has 0 fully saturated rings. The highest BCUT2D eigenvalue weighted by Crippen LogP contribution is 2.10. The number of Topliss-reactive ketones (excluding diaryl/α,β-unsaturated/α-hetero) is 1. The van der Waals surface area contributed by atoms with Crippen molar-refractivity contribution in [3.8, 4) is 12.3 Å². The molecule has 0 saturated heterocycles. The van der Waals surface area contributed by atoms with E-state index in [1.165, 1.54) is 6.92 Å². The lowest BCUT2D eigenvalue weighted by Gasteiger charge is -2.11. The van der Waals surface area contributed by atoms with Gasteiger partial charge in [-0.3, -0.25) is 9.59 Å². The molecule has 82 valence electrons. The minimum Gasteiger partial charge on any atom is -0.325 e. The summed E-state index contributed by atoms with van der Waals surface area (Å²) in [4.78, 5) is 22.9. The maximum absolute atomic E-state index is 11.7. The van der Waals surface area contributed by atoms with E-state index in [4.69, 9.17) is 6.42 Å². The molecule has 3 nitrogen and oxygen atoms in total. The average Bonchev–Trinajstić information content (AvgIpc) is 2.26. The second-order valence-corrected chi connectivity index (χ2v) is 3.43. The minimum atomic E-state index is -0.759. The van der Waals surface area contributed by atoms with Crippen LogP contribution in [0.4, 0.5) is 5.69 Å². The van der Waals surface area contributed by atoms with Gasteiger partial charge in [-0.2, -0.15) is 0 Å². The maximum Gasteiger partial charge on any atom is 0.235 e. The van der Waals surface area contributed by atoms with E-state index in [0.29, 0.717) is 5.69 Å². The third-order valence-corrected chi connectivity index (χ3v) is 2.17. The number of amides is 1. The molecule has 16 heavy (non-hydrogen) atoms. The molecule has 0 bridgehead atoms. The van der Waals surface area contributed by atoms with Gasteiger partial charge >= 0.3 is 0 Å². The number of benzene rings is 1. The van der Waals surface area contributed by atoms with Gasteiger partial charge in [0.1, 0.15) is 11.7 Å². The van der Waals surface area contributed by atoms with Gasteiger partial charge < -0.3 is 5.32 Å². The van der Waals surface area contributed by atoms with E-state index >= 15 is 0 Å². The smallest absolute Gasteiger partial charge is 0.235 e. The summed E-state index contributed by atoms with van der Waals surface area (Å²) in [5, 5.41) is 2.65. The zero-order chi connectivity index (χ0) is 12.0. The van der Waals surface area contributed by atoms with Crippen molar-refractivity contribution in [1.82, 2.24) is 0 Å². The Balaban J connectivity index is 2.71. The Morgan fingerprint density at radius 3 is 2.50 bits per heavy atom. The number of carbonyl (C=O) groups excluding carboxylic acids is 2. The predicted octanol–water partition coefficient (Wildman–Crippen LogP) is 1.85. The molecule has 1 amide bonds. The second kappa shape index (κ2) is 5.72. The summed E-state index contributed by atoms with van der Waals surface area (Å²) in [7, 11) is 0. The van der Waals surface area contributed by atoms with Gasteiger partial charge in [-0.25, -0.2) is 0 Å². The Bertz CT molecular complexity index is 417. The van der Waals surface area contributed by atoms with Gasteiger partial charge in [-0.05, 0) is 19.1 Å². The lowest BCUT2D eigenvalue weighted by Crippen LogP contribution is -2.27. The molecule has 0 aliphatic heterocycles. The predicted molar refractivity (Wildman–Crippen MR) is 62.7 cm³/mol. The molecule has 3 heteroatoms. The van der Waals surface area contributed by atoms with E-state index in [1.807, 2.05) is 6.07 Å². The highest BCUT2D eigenvalue weighted by Gasteiger charge is 2.21. The van der Waals surface area contributed by atoms with Crippen molar-refractivity contribution in [2.75, 3.05) is 5.32 Å². The lowest BCUT2D eigenvalue weighted by atomic mass is 10.0. The Morgan fingerprint density at radius 1 is 1.38 bits per heavy atom. The van der Waals surface area contributed by atoms with Crippen molar-refractivity contribution < 1.29 is 9.59 Å². The first-order chi connectivity index (χ1) is 7.65. The van der Waals surface area contributed by atoms with Crippen molar-refractivity contribution in [1.29, 1.82) is 0 Å². The van der Waals surface area contributed by atoms with Crippen LogP contribution in [0.25, 0.3) is 0 Å². The Morgan fingerprint density at radius 2 is 2.00 bits per heavy atom. The number of rotatable bonds is 4. The molecule has 1 rings (SSSR count). The normalized spacial score (nSPS) is 11.2. The number of hydrogen-bond donors (Lipinski definition) is 1. The molecular weight excluding hydrogens is 202 g/mol. The van der Waals surface area contributed by atoms with Crippen LogP contribution in [-0.2, 0) is 9.59 Å². The molecule has 0 aliphatic carbocycles. The zero-order valence-corrected chi connectivity index (χ0v) is 9.07. The summed E-state index contributed by atoms with van der Waals surface area (Å²) in [6.07, 6.45) is 5.25. The maximum atomic E-state index is 11.7. The van der Waals surface area contributed by atoms with Crippen LogP contribution in [0.15, 0.2) is 30.3 Å². The fraction of sp³-hybridized carbons (Fsp3) is 0.231. The summed E-state index contributed by atoms with van der Waals surface area (Å²) in [6, 6.07) is 8.97. The van der Waals surface area contributed by atoms with Gasteiger partial charge in [0, 0.05) is 12.1 Å². The molecule has 1 unspecified atom stereocenters. The molecule has 0 heterocycles. The van der Waals surface area contributed by atoms with E-state index in [1.54, 1.807) is 24.3 Å². The second-order valence-electron chi connectivity index (χ2n) is 3.43. The first kappa shape index (κ1) is 12.0. The molecule has 0 spiro atoms. The topological polar surface area (TPSA) is 46.2 Å². The van der Waals surface area contributed by atoms with E-state index in [9.17, 15) is 9.59 Å². The van der Waals surface area contributed by atoms with Crippen molar-refractivity contribution in [3.63, 3.8) is 0 Å². The van der Waals surface area contributed by atoms with Crippen LogP contribution >= 0.6 is 0 Å². The zero-order valence-electron chi connectivity index (χ0n) is 9.07. The number of terminal acetylenes is 1. The van der Waals surface area contributed by atoms with Crippen LogP contribution in [0.5, 0.6) is 0 Å². The third-order valence-electron chi connectivity index (χ3n) is 2.17. The highest BCUT2D eigenvalue weighted by molar-refractivity contribution is 6.06. The number of ketones is 1.